The van der Waals surface area contributed by atoms with Crippen molar-refractivity contribution in [2.75, 3.05) is 17.7 Å². The molecule has 0 radical (unpaired) electrons. The fraction of sp³-hybridized carbons (Fsp3) is 0.143. The van der Waals surface area contributed by atoms with Gasteiger partial charge in [0.15, 0.2) is 0 Å². The molecule has 0 aliphatic rings. The minimum atomic E-state index is -0.509. The van der Waals surface area contributed by atoms with E-state index < -0.39 is 5.97 Å². The van der Waals surface area contributed by atoms with E-state index in [-0.39, 0.29) is 12.2 Å². The normalized spacial score (nSPS) is 10.2. The molecule has 5 nitrogen and oxygen atoms in total. The van der Waals surface area contributed by atoms with Crippen molar-refractivity contribution >= 4 is 46.4 Å². The van der Waals surface area contributed by atoms with Crippen molar-refractivity contribution in [2.45, 2.75) is 6.92 Å². The number of rotatable bonds is 4. The molecule has 0 amide bonds. The van der Waals surface area contributed by atoms with Gasteiger partial charge in [-0.2, -0.15) is 0 Å². The molecule has 0 fully saturated rings. The maximum atomic E-state index is 11.9. The molecule has 21 heavy (non-hydrogen) atoms. The first-order chi connectivity index (χ1) is 10.0. The van der Waals surface area contributed by atoms with E-state index in [1.165, 1.54) is 12.3 Å². The summed E-state index contributed by atoms with van der Waals surface area (Å²) in [5, 5.41) is 3.90. The first-order valence-corrected chi connectivity index (χ1v) is 6.91. The Kier molecular flexibility index (Phi) is 4.88. The first kappa shape index (κ1) is 15.4. The average Bonchev–Trinajstić information content (AvgIpc) is 2.43. The molecule has 0 unspecified atom stereocenters. The summed E-state index contributed by atoms with van der Waals surface area (Å²) in [6.07, 6.45) is 1.44. The Morgan fingerprint density at radius 2 is 2.14 bits per heavy atom. The largest absolute Gasteiger partial charge is 0.462 e. The molecule has 0 spiro atoms. The molecule has 0 saturated carbocycles. The number of nitrogens with one attached hydrogen (secondary N) is 1. The minimum absolute atomic E-state index is 0.239. The molecule has 1 heterocycles. The standard InChI is InChI=1S/C14H13Cl2N3O2/c1-2-21-14(20)10-6-9(17)7-18-13(10)19-12-4-3-8(15)5-11(12)16/h3-7H,2,17H2,1H3,(H,18,19). The number of pyridine rings is 1. The van der Waals surface area contributed by atoms with E-state index >= 15 is 0 Å². The van der Waals surface area contributed by atoms with Crippen LogP contribution in [0.15, 0.2) is 30.5 Å². The lowest BCUT2D eigenvalue weighted by molar-refractivity contribution is 0.0527. The van der Waals surface area contributed by atoms with Crippen molar-refractivity contribution in [1.29, 1.82) is 0 Å². The molecule has 0 aliphatic heterocycles. The highest BCUT2D eigenvalue weighted by Crippen LogP contribution is 2.29. The van der Waals surface area contributed by atoms with E-state index in [1.807, 2.05) is 0 Å². The Bertz CT molecular complexity index is 677. The molecule has 110 valence electrons. The van der Waals surface area contributed by atoms with Gasteiger partial charge in [-0.3, -0.25) is 0 Å². The Morgan fingerprint density at radius 1 is 1.38 bits per heavy atom. The number of nitrogen functional groups attached to an aromatic ring is 1. The monoisotopic (exact) mass is 325 g/mol. The van der Waals surface area contributed by atoms with Gasteiger partial charge in [0.25, 0.3) is 0 Å². The Balaban J connectivity index is 2.37. The lowest BCUT2D eigenvalue weighted by Crippen LogP contribution is -2.10. The van der Waals surface area contributed by atoms with Crippen molar-refractivity contribution in [3.05, 3.63) is 46.1 Å². The van der Waals surface area contributed by atoms with Crippen molar-refractivity contribution in [2.24, 2.45) is 0 Å². The van der Waals surface area contributed by atoms with Gasteiger partial charge < -0.3 is 15.8 Å². The van der Waals surface area contributed by atoms with Crippen LogP contribution >= 0.6 is 23.2 Å². The van der Waals surface area contributed by atoms with E-state index in [0.717, 1.165) is 0 Å². The van der Waals surface area contributed by atoms with Gasteiger partial charge in [-0.25, -0.2) is 9.78 Å². The van der Waals surface area contributed by atoms with Crippen LogP contribution < -0.4 is 11.1 Å². The predicted molar refractivity (Wildman–Crippen MR) is 84.4 cm³/mol. The summed E-state index contributed by atoms with van der Waals surface area (Å²) in [7, 11) is 0. The molecule has 1 aromatic carbocycles. The van der Waals surface area contributed by atoms with Gasteiger partial charge in [-0.05, 0) is 31.2 Å². The summed E-state index contributed by atoms with van der Waals surface area (Å²) >= 11 is 11.9. The SMILES string of the molecule is CCOC(=O)c1cc(N)cnc1Nc1ccc(Cl)cc1Cl. The van der Waals surface area contributed by atoms with Gasteiger partial charge in [0.05, 0.1) is 29.2 Å². The number of halogens is 2. The molecular weight excluding hydrogens is 313 g/mol. The molecule has 0 aliphatic carbocycles. The lowest BCUT2D eigenvalue weighted by Gasteiger charge is -2.12. The van der Waals surface area contributed by atoms with Gasteiger partial charge in [0.2, 0.25) is 0 Å². The minimum Gasteiger partial charge on any atom is -0.462 e. The highest BCUT2D eigenvalue weighted by Gasteiger charge is 2.15. The summed E-state index contributed by atoms with van der Waals surface area (Å²) in [5.41, 5.74) is 6.84. The number of nitrogens with zero attached hydrogens (tertiary/aromatic N) is 1. The third kappa shape index (κ3) is 3.77. The number of anilines is 3. The van der Waals surface area contributed by atoms with Crippen LogP contribution in [0.4, 0.5) is 17.2 Å². The van der Waals surface area contributed by atoms with Crippen molar-refractivity contribution in [1.82, 2.24) is 4.98 Å². The zero-order valence-corrected chi connectivity index (χ0v) is 12.7. The van der Waals surface area contributed by atoms with E-state index in [9.17, 15) is 4.79 Å². The van der Waals surface area contributed by atoms with Crippen LogP contribution in [0, 0.1) is 0 Å². The topological polar surface area (TPSA) is 77.2 Å². The first-order valence-electron chi connectivity index (χ1n) is 6.16. The second-order valence-electron chi connectivity index (χ2n) is 4.13. The van der Waals surface area contributed by atoms with Gasteiger partial charge >= 0.3 is 5.97 Å². The summed E-state index contributed by atoms with van der Waals surface area (Å²) in [6.45, 7) is 1.98. The van der Waals surface area contributed by atoms with Gasteiger partial charge in [-0.15, -0.1) is 0 Å². The quantitative estimate of drug-likeness (QED) is 0.834. The summed E-state index contributed by atoms with van der Waals surface area (Å²) in [4.78, 5) is 16.0. The molecule has 0 atom stereocenters. The van der Waals surface area contributed by atoms with Crippen molar-refractivity contribution in [3.8, 4) is 0 Å². The van der Waals surface area contributed by atoms with E-state index in [0.29, 0.717) is 27.2 Å². The van der Waals surface area contributed by atoms with E-state index in [1.54, 1.807) is 25.1 Å². The molecule has 7 heteroatoms. The molecule has 2 aromatic rings. The Hall–Kier alpha value is -1.98. The number of hydrogen-bond acceptors (Lipinski definition) is 5. The fourth-order valence-corrected chi connectivity index (χ4v) is 2.12. The molecule has 0 saturated heterocycles. The number of nitrogens with two attached hydrogens (primary N) is 1. The summed E-state index contributed by atoms with van der Waals surface area (Å²) in [5.74, 6) is -0.197. The summed E-state index contributed by atoms with van der Waals surface area (Å²) in [6, 6.07) is 6.46. The number of benzene rings is 1. The third-order valence-electron chi connectivity index (χ3n) is 2.59. The molecular formula is C14H13Cl2N3O2. The lowest BCUT2D eigenvalue weighted by atomic mass is 10.2. The average molecular weight is 326 g/mol. The van der Waals surface area contributed by atoms with Crippen LogP contribution in [0.5, 0.6) is 0 Å². The molecule has 1 aromatic heterocycles. The number of hydrogen-bond donors (Lipinski definition) is 2. The second-order valence-corrected chi connectivity index (χ2v) is 4.98. The number of carbonyl (C=O) groups excluding carboxylic acids is 1. The molecule has 2 rings (SSSR count). The van der Waals surface area contributed by atoms with Crippen LogP contribution in [0.1, 0.15) is 17.3 Å². The number of esters is 1. The smallest absolute Gasteiger partial charge is 0.341 e. The Labute approximate surface area is 132 Å². The van der Waals surface area contributed by atoms with E-state index in [4.69, 9.17) is 33.7 Å². The van der Waals surface area contributed by atoms with Crippen LogP contribution in [-0.2, 0) is 4.74 Å². The zero-order valence-electron chi connectivity index (χ0n) is 11.2. The van der Waals surface area contributed by atoms with Gasteiger partial charge in [0, 0.05) is 5.02 Å². The van der Waals surface area contributed by atoms with Gasteiger partial charge in [0.1, 0.15) is 11.4 Å². The third-order valence-corrected chi connectivity index (χ3v) is 3.14. The fourth-order valence-electron chi connectivity index (χ4n) is 1.66. The highest BCUT2D eigenvalue weighted by atomic mass is 35.5. The highest BCUT2D eigenvalue weighted by molar-refractivity contribution is 6.36. The number of ether oxygens (including phenoxy) is 1. The molecule has 3 N–H and O–H groups in total. The maximum Gasteiger partial charge on any atom is 0.341 e. The maximum absolute atomic E-state index is 11.9. The predicted octanol–water partition coefficient (Wildman–Crippen LogP) is 3.89. The summed E-state index contributed by atoms with van der Waals surface area (Å²) < 4.78 is 4.98. The number of carbonyl (C=O) groups is 1. The van der Waals surface area contributed by atoms with Gasteiger partial charge in [-0.1, -0.05) is 23.2 Å². The van der Waals surface area contributed by atoms with Crippen LogP contribution in [-0.4, -0.2) is 17.6 Å². The van der Waals surface area contributed by atoms with Crippen LogP contribution in [0.3, 0.4) is 0 Å². The van der Waals surface area contributed by atoms with E-state index in [2.05, 4.69) is 10.3 Å². The Morgan fingerprint density at radius 3 is 2.81 bits per heavy atom. The van der Waals surface area contributed by atoms with Crippen molar-refractivity contribution < 1.29 is 9.53 Å². The second kappa shape index (κ2) is 6.65. The van der Waals surface area contributed by atoms with Crippen molar-refractivity contribution in [3.63, 3.8) is 0 Å². The molecule has 0 bridgehead atoms. The van der Waals surface area contributed by atoms with Crippen LogP contribution in [0.25, 0.3) is 0 Å². The zero-order chi connectivity index (χ0) is 15.4. The van der Waals surface area contributed by atoms with Crippen LogP contribution in [0.2, 0.25) is 10.0 Å². The number of aromatic nitrogens is 1.